The Kier molecular flexibility index (Phi) is 5.96. The highest BCUT2D eigenvalue weighted by molar-refractivity contribution is 7.89. The first kappa shape index (κ1) is 18.6. The second-order valence-electron chi connectivity index (χ2n) is 7.01. The van der Waals surface area contributed by atoms with Gasteiger partial charge in [-0.05, 0) is 57.1 Å². The van der Waals surface area contributed by atoms with E-state index in [4.69, 9.17) is 9.47 Å². The zero-order valence-corrected chi connectivity index (χ0v) is 15.7. The Morgan fingerprint density at radius 3 is 2.72 bits per heavy atom. The molecule has 0 N–H and O–H groups in total. The molecule has 3 rings (SSSR count). The number of sulfonamides is 1. The van der Waals surface area contributed by atoms with Gasteiger partial charge in [-0.1, -0.05) is 0 Å². The Hall–Kier alpha value is -1.18. The Balaban J connectivity index is 1.48. The number of nitrogens with zero attached hydrogens (tertiary/aromatic N) is 2. The predicted molar refractivity (Wildman–Crippen MR) is 96.0 cm³/mol. The molecular formula is C18H28N2O4S. The topological polar surface area (TPSA) is 68.7 Å². The van der Waals surface area contributed by atoms with Crippen LogP contribution in [0.1, 0.15) is 39.0 Å². The molecule has 1 aromatic heterocycles. The van der Waals surface area contributed by atoms with Crippen LogP contribution in [0, 0.1) is 5.92 Å². The van der Waals surface area contributed by atoms with Gasteiger partial charge in [0, 0.05) is 32.1 Å². The minimum absolute atomic E-state index is 0.140. The van der Waals surface area contributed by atoms with Gasteiger partial charge in [-0.3, -0.25) is 4.98 Å². The second kappa shape index (κ2) is 8.01. The van der Waals surface area contributed by atoms with Gasteiger partial charge < -0.3 is 9.47 Å². The van der Waals surface area contributed by atoms with Crippen molar-refractivity contribution in [2.45, 2.75) is 44.6 Å². The molecule has 6 nitrogen and oxygen atoms in total. The summed E-state index contributed by atoms with van der Waals surface area (Å²) >= 11 is 0. The third kappa shape index (κ3) is 4.71. The third-order valence-electron chi connectivity index (χ3n) is 5.43. The van der Waals surface area contributed by atoms with Crippen LogP contribution in [0.3, 0.4) is 0 Å². The van der Waals surface area contributed by atoms with Crippen molar-refractivity contribution in [2.75, 3.05) is 32.1 Å². The minimum atomic E-state index is -3.08. The molecule has 140 valence electrons. The lowest BCUT2D eigenvalue weighted by Crippen LogP contribution is -2.51. The molecule has 2 aliphatic rings. The molecule has 1 aromatic rings. The van der Waals surface area contributed by atoms with Crippen molar-refractivity contribution in [3.05, 3.63) is 24.5 Å². The summed E-state index contributed by atoms with van der Waals surface area (Å²) < 4.78 is 37.6. The van der Waals surface area contributed by atoms with Crippen LogP contribution in [0.15, 0.2) is 24.5 Å². The third-order valence-corrected chi connectivity index (χ3v) is 7.31. The molecule has 2 aliphatic heterocycles. The number of pyridine rings is 1. The van der Waals surface area contributed by atoms with E-state index in [-0.39, 0.29) is 11.4 Å². The minimum Gasteiger partial charge on any atom is -0.493 e. The second-order valence-corrected chi connectivity index (χ2v) is 9.27. The largest absolute Gasteiger partial charge is 0.493 e. The number of piperidine rings is 1. The fourth-order valence-electron chi connectivity index (χ4n) is 3.86. The summed E-state index contributed by atoms with van der Waals surface area (Å²) in [5, 5.41) is 0. The van der Waals surface area contributed by atoms with E-state index in [1.807, 2.05) is 12.1 Å². The summed E-state index contributed by atoms with van der Waals surface area (Å²) in [6.45, 7) is 4.32. The van der Waals surface area contributed by atoms with Crippen molar-refractivity contribution in [3.8, 4) is 5.75 Å². The average molecular weight is 368 g/mol. The summed E-state index contributed by atoms with van der Waals surface area (Å²) in [5.41, 5.74) is -0.140. The van der Waals surface area contributed by atoms with Crippen LogP contribution < -0.4 is 4.74 Å². The number of aromatic nitrogens is 1. The van der Waals surface area contributed by atoms with Gasteiger partial charge in [-0.15, -0.1) is 0 Å². The van der Waals surface area contributed by atoms with E-state index in [2.05, 4.69) is 4.98 Å². The van der Waals surface area contributed by atoms with Gasteiger partial charge in [0.05, 0.1) is 18.0 Å². The van der Waals surface area contributed by atoms with Crippen LogP contribution >= 0.6 is 0 Å². The lowest BCUT2D eigenvalue weighted by Gasteiger charge is -2.45. The van der Waals surface area contributed by atoms with Crippen molar-refractivity contribution in [3.63, 3.8) is 0 Å². The molecule has 7 heteroatoms. The van der Waals surface area contributed by atoms with E-state index < -0.39 is 10.0 Å². The summed E-state index contributed by atoms with van der Waals surface area (Å²) in [7, 11) is -3.08. The van der Waals surface area contributed by atoms with Gasteiger partial charge in [0.2, 0.25) is 10.0 Å². The quantitative estimate of drug-likeness (QED) is 0.771. The maximum atomic E-state index is 12.0. The Morgan fingerprint density at radius 1 is 1.32 bits per heavy atom. The van der Waals surface area contributed by atoms with Crippen molar-refractivity contribution in [1.29, 1.82) is 0 Å². The lowest BCUT2D eigenvalue weighted by molar-refractivity contribution is -0.122. The van der Waals surface area contributed by atoms with Crippen LogP contribution in [0.2, 0.25) is 0 Å². The molecule has 0 amide bonds. The molecule has 1 unspecified atom stereocenters. The van der Waals surface area contributed by atoms with E-state index in [0.717, 1.165) is 44.5 Å². The monoisotopic (exact) mass is 368 g/mol. The molecule has 2 saturated heterocycles. The Labute approximate surface area is 150 Å². The number of hydrogen-bond donors (Lipinski definition) is 0. The zero-order chi connectivity index (χ0) is 17.8. The average Bonchev–Trinajstić information content (AvgIpc) is 2.63. The molecule has 2 fully saturated rings. The number of hydrogen-bond acceptors (Lipinski definition) is 5. The van der Waals surface area contributed by atoms with E-state index in [9.17, 15) is 8.42 Å². The molecule has 25 heavy (non-hydrogen) atoms. The normalized spacial score (nSPS) is 24.3. The summed E-state index contributed by atoms with van der Waals surface area (Å²) in [6, 6.07) is 3.74. The van der Waals surface area contributed by atoms with Crippen LogP contribution in [0.4, 0.5) is 0 Å². The van der Waals surface area contributed by atoms with Crippen molar-refractivity contribution in [2.24, 2.45) is 5.92 Å². The fourth-order valence-corrected chi connectivity index (χ4v) is 4.96. The first-order valence-corrected chi connectivity index (χ1v) is 10.8. The molecule has 0 aromatic carbocycles. The van der Waals surface area contributed by atoms with Crippen molar-refractivity contribution >= 4 is 10.0 Å². The SMILES string of the molecule is CCS(=O)(=O)N1CCC2(CC1)CC(CCOc1ccncc1)CCO2. The Morgan fingerprint density at radius 2 is 2.04 bits per heavy atom. The predicted octanol–water partition coefficient (Wildman–Crippen LogP) is 2.46. The number of ether oxygens (including phenoxy) is 2. The maximum Gasteiger partial charge on any atom is 0.213 e. The van der Waals surface area contributed by atoms with Crippen LogP contribution in [-0.4, -0.2) is 55.4 Å². The molecule has 0 radical (unpaired) electrons. The smallest absolute Gasteiger partial charge is 0.213 e. The van der Waals surface area contributed by atoms with Crippen molar-refractivity contribution < 1.29 is 17.9 Å². The maximum absolute atomic E-state index is 12.0. The fraction of sp³-hybridized carbons (Fsp3) is 0.722. The first-order chi connectivity index (χ1) is 12.0. The zero-order valence-electron chi connectivity index (χ0n) is 14.9. The lowest BCUT2D eigenvalue weighted by atomic mass is 9.79. The van der Waals surface area contributed by atoms with Gasteiger partial charge >= 0.3 is 0 Å². The van der Waals surface area contributed by atoms with Gasteiger partial charge in [0.1, 0.15) is 5.75 Å². The highest BCUT2D eigenvalue weighted by Gasteiger charge is 2.42. The van der Waals surface area contributed by atoms with Crippen molar-refractivity contribution in [1.82, 2.24) is 9.29 Å². The highest BCUT2D eigenvalue weighted by Crippen LogP contribution is 2.39. The molecule has 1 spiro atoms. The molecule has 0 bridgehead atoms. The van der Waals surface area contributed by atoms with Gasteiger partial charge in [0.25, 0.3) is 0 Å². The highest BCUT2D eigenvalue weighted by atomic mass is 32.2. The van der Waals surface area contributed by atoms with Gasteiger partial charge in [0.15, 0.2) is 0 Å². The van der Waals surface area contributed by atoms with E-state index >= 15 is 0 Å². The summed E-state index contributed by atoms with van der Waals surface area (Å²) in [6.07, 6.45) is 8.13. The standard InChI is InChI=1S/C18H28N2O4S/c1-2-25(21,22)20-11-7-18(8-12-20)15-16(6-14-24-18)5-13-23-17-3-9-19-10-4-17/h3-4,9-10,16H,2,5-8,11-15H2,1H3. The van der Waals surface area contributed by atoms with Crippen LogP contribution in [0.25, 0.3) is 0 Å². The molecule has 1 atom stereocenters. The summed E-state index contributed by atoms with van der Waals surface area (Å²) in [5.74, 6) is 1.61. The Bertz CT molecular complexity index is 642. The van der Waals surface area contributed by atoms with Crippen LogP contribution in [0.5, 0.6) is 5.75 Å². The number of rotatable bonds is 6. The molecule has 3 heterocycles. The summed E-state index contributed by atoms with van der Waals surface area (Å²) in [4.78, 5) is 3.99. The van der Waals surface area contributed by atoms with E-state index in [0.29, 0.717) is 25.6 Å². The van der Waals surface area contributed by atoms with Crippen LogP contribution in [-0.2, 0) is 14.8 Å². The van der Waals surface area contributed by atoms with E-state index in [1.165, 1.54) is 0 Å². The molecular weight excluding hydrogens is 340 g/mol. The molecule has 0 saturated carbocycles. The molecule has 0 aliphatic carbocycles. The van der Waals surface area contributed by atoms with Gasteiger partial charge in [-0.2, -0.15) is 0 Å². The van der Waals surface area contributed by atoms with E-state index in [1.54, 1.807) is 23.6 Å². The first-order valence-electron chi connectivity index (χ1n) is 9.18. The van der Waals surface area contributed by atoms with Gasteiger partial charge in [-0.25, -0.2) is 12.7 Å².